The van der Waals surface area contributed by atoms with Crippen LogP contribution in [0.25, 0.3) is 0 Å². The van der Waals surface area contributed by atoms with Crippen molar-refractivity contribution >= 4 is 23.3 Å². The largest absolute Gasteiger partial charge is 0.497 e. The Balaban J connectivity index is 0.000000183. The molecule has 0 unspecified atom stereocenters. The molecule has 0 radical (unpaired) electrons. The number of ether oxygens (including phenoxy) is 2. The second kappa shape index (κ2) is 18.1. The fourth-order valence-electron chi connectivity index (χ4n) is 6.87. The van der Waals surface area contributed by atoms with E-state index in [0.717, 1.165) is 48.6 Å². The lowest BCUT2D eigenvalue weighted by Crippen LogP contribution is -2.15. The van der Waals surface area contributed by atoms with Gasteiger partial charge in [0, 0.05) is 45.7 Å². The first-order valence-corrected chi connectivity index (χ1v) is 18.4. The van der Waals surface area contributed by atoms with Gasteiger partial charge in [0.1, 0.15) is 23.1 Å². The monoisotopic (exact) mass is 786 g/mol. The number of amides is 1. The van der Waals surface area contributed by atoms with Crippen molar-refractivity contribution in [3.63, 3.8) is 0 Å². The van der Waals surface area contributed by atoms with Gasteiger partial charge in [-0.25, -0.2) is 13.6 Å². The highest BCUT2D eigenvalue weighted by Crippen LogP contribution is 2.54. The van der Waals surface area contributed by atoms with Gasteiger partial charge in [0.15, 0.2) is 0 Å². The maximum atomic E-state index is 13.6. The fourth-order valence-corrected chi connectivity index (χ4v) is 6.87. The molecule has 2 fully saturated rings. The third-order valence-corrected chi connectivity index (χ3v) is 10.7. The number of pyridine rings is 2. The van der Waals surface area contributed by atoms with E-state index in [4.69, 9.17) is 20.3 Å². The summed E-state index contributed by atoms with van der Waals surface area (Å²) in [4.78, 5) is 30.0. The van der Waals surface area contributed by atoms with E-state index < -0.39 is 17.6 Å². The van der Waals surface area contributed by atoms with Crippen LogP contribution in [-0.2, 0) is 10.8 Å². The number of carboxylic acid groups (broad SMARTS) is 1. The number of aromatic nitrogens is 2. The molecule has 2 aromatic heterocycles. The number of methoxy groups -OCH3 is 2. The zero-order valence-electron chi connectivity index (χ0n) is 32.2. The number of aromatic carboxylic acids is 1. The van der Waals surface area contributed by atoms with E-state index >= 15 is 0 Å². The van der Waals surface area contributed by atoms with Crippen LogP contribution in [0.3, 0.4) is 0 Å². The zero-order valence-corrected chi connectivity index (χ0v) is 32.2. The van der Waals surface area contributed by atoms with Crippen LogP contribution in [0.4, 0.5) is 20.2 Å². The van der Waals surface area contributed by atoms with Crippen LogP contribution in [0.5, 0.6) is 11.5 Å². The molecule has 0 bridgehead atoms. The topological polar surface area (TPSA) is 137 Å². The molecule has 2 aliphatic rings. The Morgan fingerprint density at radius 3 is 1.34 bits per heavy atom. The molecule has 58 heavy (non-hydrogen) atoms. The number of hydrogen-bond acceptors (Lipinski definition) is 7. The van der Waals surface area contributed by atoms with E-state index in [-0.39, 0.29) is 40.9 Å². The second-order valence-corrected chi connectivity index (χ2v) is 14.2. The van der Waals surface area contributed by atoms with E-state index in [2.05, 4.69) is 51.7 Å². The minimum absolute atomic E-state index is 0. The molecule has 2 aliphatic carbocycles. The molecule has 11 heteroatoms. The summed E-state index contributed by atoms with van der Waals surface area (Å²) >= 11 is 0. The lowest BCUT2D eigenvalue weighted by atomic mass is 9.88. The van der Waals surface area contributed by atoms with Gasteiger partial charge in [-0.3, -0.25) is 14.8 Å². The summed E-state index contributed by atoms with van der Waals surface area (Å²) in [6.45, 7) is 2.97. The number of anilines is 2. The minimum Gasteiger partial charge on any atom is -0.497 e. The number of halogens is 2. The van der Waals surface area contributed by atoms with Crippen LogP contribution in [-0.4, -0.2) is 41.2 Å². The highest BCUT2D eigenvalue weighted by atomic mass is 19.1. The fraction of sp³-hybridized carbons (Fsp3) is 0.234. The third-order valence-electron chi connectivity index (χ3n) is 10.7. The van der Waals surface area contributed by atoms with Crippen LogP contribution in [0.1, 0.15) is 87.2 Å². The minimum atomic E-state index is -1.16. The molecule has 300 valence electrons. The number of nitrogens with one attached hydrogen (secondary N) is 1. The van der Waals surface area contributed by atoms with E-state index in [1.165, 1.54) is 48.2 Å². The van der Waals surface area contributed by atoms with Crippen LogP contribution in [0.15, 0.2) is 122 Å². The summed E-state index contributed by atoms with van der Waals surface area (Å²) in [7, 11) is 3.36. The molecule has 6 aromatic rings. The van der Waals surface area contributed by atoms with Crippen LogP contribution < -0.4 is 20.5 Å². The number of carbonyl (C=O) groups excluding carboxylic acids is 1. The Kier molecular flexibility index (Phi) is 13.3. The molecule has 0 atom stereocenters. The van der Waals surface area contributed by atoms with E-state index in [0.29, 0.717) is 11.3 Å². The Hall–Kier alpha value is -6.62. The first kappa shape index (κ1) is 42.5. The van der Waals surface area contributed by atoms with Gasteiger partial charge in [-0.1, -0.05) is 56.0 Å². The smallest absolute Gasteiger partial charge is 0.337 e. The van der Waals surface area contributed by atoms with Gasteiger partial charge in [0.2, 0.25) is 0 Å². The number of benzene rings is 4. The van der Waals surface area contributed by atoms with Crippen molar-refractivity contribution in [1.82, 2.24) is 9.97 Å². The Morgan fingerprint density at radius 1 is 0.621 bits per heavy atom. The molecule has 1 amide bonds. The van der Waals surface area contributed by atoms with E-state index in [1.807, 2.05) is 60.7 Å². The molecule has 0 spiro atoms. The number of nitrogens with two attached hydrogens (primary N) is 1. The van der Waals surface area contributed by atoms with Crippen molar-refractivity contribution in [2.45, 2.75) is 57.8 Å². The number of hydrogen-bond donors (Lipinski definition) is 3. The van der Waals surface area contributed by atoms with Gasteiger partial charge >= 0.3 is 5.97 Å². The Labute approximate surface area is 337 Å². The quantitative estimate of drug-likeness (QED) is 0.123. The first-order valence-electron chi connectivity index (χ1n) is 18.4. The van der Waals surface area contributed by atoms with Crippen molar-refractivity contribution in [1.29, 1.82) is 0 Å². The van der Waals surface area contributed by atoms with Crippen molar-refractivity contribution < 1.29 is 33.0 Å². The molecule has 9 nitrogen and oxygen atoms in total. The highest BCUT2D eigenvalue weighted by Gasteiger charge is 2.46. The molecule has 4 N–H and O–H groups in total. The maximum Gasteiger partial charge on any atom is 0.337 e. The van der Waals surface area contributed by atoms with E-state index in [9.17, 15) is 18.4 Å². The maximum absolute atomic E-state index is 13.6. The molecule has 2 heterocycles. The lowest BCUT2D eigenvalue weighted by Gasteiger charge is -2.17. The standard InChI is InChI=1S/C23H21FN2O2.C16H17NO.C7H6FNO2.CH4/c1-15-20(13-25-14-21(15)24)22(27)26-18-7-3-16(4-8-18)23(11-12-23)17-5-9-19(28-2)10-6-17;1-18-15-8-4-13(5-9-15)16(10-11-16)12-2-6-14(17)7-3-12;1-4-5(7(10)11)2-9-3-6(4)8;/h3-10,13-14H,11-12H2,1-2H3,(H,26,27);2-9H,10-11,17H2,1H3;2-3H,1H3,(H,10,11);1H4. The SMILES string of the molecule is C.COc1ccc(C2(c3ccc(N)cc3)CC2)cc1.COc1ccc(C2(c3ccc(NC(=O)c4cncc(F)c4C)cc3)CC2)cc1.Cc1c(F)cncc1C(=O)O. The van der Waals surface area contributed by atoms with Crippen molar-refractivity contribution in [3.8, 4) is 11.5 Å². The van der Waals surface area contributed by atoms with Gasteiger partial charge in [0.25, 0.3) is 5.91 Å². The molecular formula is C47H48F2N4O5. The van der Waals surface area contributed by atoms with Crippen molar-refractivity contribution in [2.24, 2.45) is 0 Å². The predicted octanol–water partition coefficient (Wildman–Crippen LogP) is 10.1. The summed E-state index contributed by atoms with van der Waals surface area (Å²) in [5, 5.41) is 11.3. The Morgan fingerprint density at radius 2 is 0.983 bits per heavy atom. The lowest BCUT2D eigenvalue weighted by molar-refractivity contribution is 0.0694. The number of carboxylic acids is 1. The molecule has 0 aliphatic heterocycles. The number of rotatable bonds is 9. The molecule has 2 saturated carbocycles. The summed E-state index contributed by atoms with van der Waals surface area (Å²) in [5.74, 6) is -0.849. The van der Waals surface area contributed by atoms with Crippen molar-refractivity contribution in [2.75, 3.05) is 25.3 Å². The van der Waals surface area contributed by atoms with Gasteiger partial charge in [-0.05, 0) is 110 Å². The van der Waals surface area contributed by atoms with Crippen LogP contribution in [0.2, 0.25) is 0 Å². The first-order chi connectivity index (χ1) is 27.4. The molecule has 8 rings (SSSR count). The number of nitrogen functional groups attached to an aromatic ring is 1. The summed E-state index contributed by atoms with van der Waals surface area (Å²) < 4.78 is 36.7. The van der Waals surface area contributed by atoms with Crippen molar-refractivity contribution in [3.05, 3.63) is 178 Å². The molecule has 4 aromatic carbocycles. The predicted molar refractivity (Wildman–Crippen MR) is 223 cm³/mol. The molecular weight excluding hydrogens is 739 g/mol. The third kappa shape index (κ3) is 9.32. The van der Waals surface area contributed by atoms with Crippen LogP contribution >= 0.6 is 0 Å². The van der Waals surface area contributed by atoms with Gasteiger partial charge in [-0.15, -0.1) is 0 Å². The average Bonchev–Trinajstić information content (AvgIpc) is 4.17. The van der Waals surface area contributed by atoms with E-state index in [1.54, 1.807) is 21.1 Å². The normalized spacial score (nSPS) is 13.8. The number of carbonyl (C=O) groups is 2. The van der Waals surface area contributed by atoms with Gasteiger partial charge in [0.05, 0.1) is 37.7 Å². The van der Waals surface area contributed by atoms with Gasteiger partial charge < -0.3 is 25.6 Å². The summed E-state index contributed by atoms with van der Waals surface area (Å²) in [6, 6.07) is 32.7. The van der Waals surface area contributed by atoms with Gasteiger partial charge in [-0.2, -0.15) is 0 Å². The summed E-state index contributed by atoms with van der Waals surface area (Å²) in [5.41, 5.74) is 13.3. The van der Waals surface area contributed by atoms with Crippen LogP contribution in [0, 0.1) is 25.5 Å². The Bertz CT molecular complexity index is 2340. The summed E-state index contributed by atoms with van der Waals surface area (Å²) in [6.07, 6.45) is 9.22. The zero-order chi connectivity index (χ0) is 40.7. The average molecular weight is 787 g/mol. The molecule has 0 saturated heterocycles. The highest BCUT2D eigenvalue weighted by molar-refractivity contribution is 6.05. The second-order valence-electron chi connectivity index (χ2n) is 14.2. The number of nitrogens with zero attached hydrogens (tertiary/aromatic N) is 2.